The van der Waals surface area contributed by atoms with Crippen LogP contribution in [-0.4, -0.2) is 32.2 Å². The SMILES string of the molecule is COc1ccc(C(=O)CCc2cccc(OC)c2OC)c(O)c1. The van der Waals surface area contributed by atoms with Gasteiger partial charge in [-0.05, 0) is 30.2 Å². The zero-order chi connectivity index (χ0) is 16.8. The average molecular weight is 316 g/mol. The Morgan fingerprint density at radius 2 is 1.83 bits per heavy atom. The maximum Gasteiger partial charge on any atom is 0.166 e. The van der Waals surface area contributed by atoms with Gasteiger partial charge in [-0.25, -0.2) is 0 Å². The van der Waals surface area contributed by atoms with Gasteiger partial charge in [-0.2, -0.15) is 0 Å². The standard InChI is InChI=1S/C18H20O5/c1-21-13-8-9-14(16(20)11-13)15(19)10-7-12-5-4-6-17(22-2)18(12)23-3/h4-6,8-9,11,20H,7,10H2,1-3H3. The molecule has 0 fully saturated rings. The summed E-state index contributed by atoms with van der Waals surface area (Å²) in [5.41, 5.74) is 1.17. The first-order chi connectivity index (χ1) is 11.1. The summed E-state index contributed by atoms with van der Waals surface area (Å²) >= 11 is 0. The van der Waals surface area contributed by atoms with E-state index in [9.17, 15) is 9.90 Å². The number of aromatic hydroxyl groups is 1. The summed E-state index contributed by atoms with van der Waals surface area (Å²) in [6, 6.07) is 10.2. The third kappa shape index (κ3) is 3.74. The van der Waals surface area contributed by atoms with Gasteiger partial charge in [-0.15, -0.1) is 0 Å². The van der Waals surface area contributed by atoms with Gasteiger partial charge in [0, 0.05) is 12.5 Å². The van der Waals surface area contributed by atoms with Gasteiger partial charge < -0.3 is 19.3 Å². The van der Waals surface area contributed by atoms with Gasteiger partial charge in [-0.1, -0.05) is 12.1 Å². The fourth-order valence-corrected chi connectivity index (χ4v) is 2.41. The molecule has 122 valence electrons. The van der Waals surface area contributed by atoms with Gasteiger partial charge in [0.1, 0.15) is 11.5 Å². The summed E-state index contributed by atoms with van der Waals surface area (Å²) in [6.45, 7) is 0. The summed E-state index contributed by atoms with van der Waals surface area (Å²) in [5.74, 6) is 1.54. The number of hydrogen-bond donors (Lipinski definition) is 1. The maximum atomic E-state index is 12.3. The molecule has 23 heavy (non-hydrogen) atoms. The Morgan fingerprint density at radius 3 is 2.43 bits per heavy atom. The predicted octanol–water partition coefficient (Wildman–Crippen LogP) is 3.23. The van der Waals surface area contributed by atoms with E-state index in [1.54, 1.807) is 32.4 Å². The normalized spacial score (nSPS) is 10.2. The van der Waals surface area contributed by atoms with Crippen molar-refractivity contribution in [2.75, 3.05) is 21.3 Å². The zero-order valence-corrected chi connectivity index (χ0v) is 13.5. The Bertz CT molecular complexity index is 694. The molecule has 2 rings (SSSR count). The molecular weight excluding hydrogens is 296 g/mol. The molecule has 0 saturated heterocycles. The summed E-state index contributed by atoms with van der Waals surface area (Å²) in [5, 5.41) is 9.93. The molecule has 0 aliphatic rings. The minimum atomic E-state index is -0.143. The number of carbonyl (C=O) groups excluding carboxylic acids is 1. The van der Waals surface area contributed by atoms with Crippen LogP contribution in [0.1, 0.15) is 22.3 Å². The average Bonchev–Trinajstić information content (AvgIpc) is 2.58. The summed E-state index contributed by atoms with van der Waals surface area (Å²) in [4.78, 5) is 12.3. The molecule has 0 unspecified atom stereocenters. The second kappa shape index (κ2) is 7.54. The topological polar surface area (TPSA) is 65.0 Å². The quantitative estimate of drug-likeness (QED) is 0.794. The van der Waals surface area contributed by atoms with Crippen molar-refractivity contribution in [2.45, 2.75) is 12.8 Å². The second-order valence-electron chi connectivity index (χ2n) is 4.96. The van der Waals surface area contributed by atoms with Crippen molar-refractivity contribution in [3.8, 4) is 23.0 Å². The lowest BCUT2D eigenvalue weighted by atomic mass is 10.0. The number of carbonyl (C=O) groups is 1. The number of phenolic OH excluding ortho intramolecular Hbond substituents is 1. The van der Waals surface area contributed by atoms with Gasteiger partial charge in [0.25, 0.3) is 0 Å². The highest BCUT2D eigenvalue weighted by Crippen LogP contribution is 2.32. The molecule has 0 radical (unpaired) electrons. The van der Waals surface area contributed by atoms with Crippen molar-refractivity contribution in [3.63, 3.8) is 0 Å². The Balaban J connectivity index is 2.13. The molecule has 5 nitrogen and oxygen atoms in total. The predicted molar refractivity (Wildman–Crippen MR) is 86.9 cm³/mol. The number of rotatable bonds is 7. The van der Waals surface area contributed by atoms with Crippen LogP contribution >= 0.6 is 0 Å². The van der Waals surface area contributed by atoms with Gasteiger partial charge in [0.2, 0.25) is 0 Å². The largest absolute Gasteiger partial charge is 0.507 e. The molecule has 0 bridgehead atoms. The number of ketones is 1. The van der Waals surface area contributed by atoms with E-state index in [0.717, 1.165) is 5.56 Å². The minimum absolute atomic E-state index is 0.0769. The van der Waals surface area contributed by atoms with Crippen molar-refractivity contribution in [3.05, 3.63) is 47.5 Å². The van der Waals surface area contributed by atoms with Crippen molar-refractivity contribution >= 4 is 5.78 Å². The highest BCUT2D eigenvalue weighted by molar-refractivity contribution is 5.98. The zero-order valence-electron chi connectivity index (χ0n) is 13.5. The van der Waals surface area contributed by atoms with Crippen LogP contribution < -0.4 is 14.2 Å². The molecule has 0 spiro atoms. The number of hydrogen-bond acceptors (Lipinski definition) is 5. The van der Waals surface area contributed by atoms with Gasteiger partial charge in [0.05, 0.1) is 26.9 Å². The van der Waals surface area contributed by atoms with Crippen LogP contribution in [0.25, 0.3) is 0 Å². The summed E-state index contributed by atoms with van der Waals surface area (Å²) < 4.78 is 15.6. The third-order valence-electron chi connectivity index (χ3n) is 3.61. The van der Waals surface area contributed by atoms with Crippen molar-refractivity contribution in [2.24, 2.45) is 0 Å². The van der Waals surface area contributed by atoms with E-state index in [1.165, 1.54) is 13.2 Å². The fourth-order valence-electron chi connectivity index (χ4n) is 2.41. The highest BCUT2D eigenvalue weighted by atomic mass is 16.5. The Labute approximate surface area is 135 Å². The molecule has 2 aromatic carbocycles. The van der Waals surface area contributed by atoms with Crippen LogP contribution in [0.2, 0.25) is 0 Å². The Kier molecular flexibility index (Phi) is 5.46. The molecule has 1 N–H and O–H groups in total. The third-order valence-corrected chi connectivity index (χ3v) is 3.61. The maximum absolute atomic E-state index is 12.3. The molecular formula is C18H20O5. The molecule has 0 amide bonds. The van der Waals surface area contributed by atoms with E-state index >= 15 is 0 Å². The first-order valence-electron chi connectivity index (χ1n) is 7.20. The lowest BCUT2D eigenvalue weighted by Crippen LogP contribution is -2.03. The monoisotopic (exact) mass is 316 g/mol. The first kappa shape index (κ1) is 16.7. The molecule has 0 atom stereocenters. The van der Waals surface area contributed by atoms with Crippen molar-refractivity contribution in [1.82, 2.24) is 0 Å². The molecule has 0 heterocycles. The Hall–Kier alpha value is -2.69. The van der Waals surface area contributed by atoms with Crippen LogP contribution in [0.3, 0.4) is 0 Å². The summed E-state index contributed by atoms with van der Waals surface area (Å²) in [7, 11) is 4.64. The molecule has 0 aliphatic heterocycles. The van der Waals surface area contributed by atoms with Gasteiger partial charge in [0.15, 0.2) is 17.3 Å². The minimum Gasteiger partial charge on any atom is -0.507 e. The lowest BCUT2D eigenvalue weighted by Gasteiger charge is -2.12. The van der Waals surface area contributed by atoms with E-state index in [2.05, 4.69) is 0 Å². The van der Waals surface area contributed by atoms with E-state index < -0.39 is 0 Å². The lowest BCUT2D eigenvalue weighted by molar-refractivity contribution is 0.0980. The summed E-state index contributed by atoms with van der Waals surface area (Å²) in [6.07, 6.45) is 0.744. The highest BCUT2D eigenvalue weighted by Gasteiger charge is 2.15. The number of methoxy groups -OCH3 is 3. The first-order valence-corrected chi connectivity index (χ1v) is 7.20. The smallest absolute Gasteiger partial charge is 0.166 e. The van der Waals surface area contributed by atoms with Crippen molar-refractivity contribution < 1.29 is 24.1 Å². The molecule has 0 aliphatic carbocycles. The molecule has 0 aromatic heterocycles. The van der Waals surface area contributed by atoms with Gasteiger partial charge in [-0.3, -0.25) is 4.79 Å². The number of ether oxygens (including phenoxy) is 3. The number of Topliss-reactive ketones (excluding diaryl/α,β-unsaturated/α-hetero) is 1. The van der Waals surface area contributed by atoms with Gasteiger partial charge >= 0.3 is 0 Å². The van der Waals surface area contributed by atoms with E-state index in [4.69, 9.17) is 14.2 Å². The number of aryl methyl sites for hydroxylation is 1. The van der Waals surface area contributed by atoms with Crippen LogP contribution in [0.5, 0.6) is 23.0 Å². The van der Waals surface area contributed by atoms with Crippen LogP contribution in [-0.2, 0) is 6.42 Å². The van der Waals surface area contributed by atoms with E-state index in [0.29, 0.717) is 23.7 Å². The van der Waals surface area contributed by atoms with E-state index in [-0.39, 0.29) is 23.5 Å². The second-order valence-corrected chi connectivity index (χ2v) is 4.96. The van der Waals surface area contributed by atoms with Crippen LogP contribution in [0, 0.1) is 0 Å². The number of benzene rings is 2. The number of para-hydroxylation sites is 1. The number of phenols is 1. The van der Waals surface area contributed by atoms with Crippen molar-refractivity contribution in [1.29, 1.82) is 0 Å². The molecule has 2 aromatic rings. The van der Waals surface area contributed by atoms with Crippen LogP contribution in [0.15, 0.2) is 36.4 Å². The Morgan fingerprint density at radius 1 is 1.04 bits per heavy atom. The molecule has 0 saturated carbocycles. The van der Waals surface area contributed by atoms with E-state index in [1.807, 2.05) is 12.1 Å². The van der Waals surface area contributed by atoms with Crippen LogP contribution in [0.4, 0.5) is 0 Å². The fraction of sp³-hybridized carbons (Fsp3) is 0.278. The molecule has 5 heteroatoms.